The van der Waals surface area contributed by atoms with Crippen LogP contribution in [0.4, 0.5) is 8.78 Å². The van der Waals surface area contributed by atoms with E-state index in [0.29, 0.717) is 3.92 Å². The summed E-state index contributed by atoms with van der Waals surface area (Å²) in [5.41, 5.74) is 0. The Labute approximate surface area is 97.7 Å². The van der Waals surface area contributed by atoms with Crippen molar-refractivity contribution in [3.63, 3.8) is 0 Å². The fourth-order valence-electron chi connectivity index (χ4n) is 1.79. The molecule has 2 unspecified atom stereocenters. The van der Waals surface area contributed by atoms with Crippen LogP contribution in [0.25, 0.3) is 0 Å². The highest BCUT2D eigenvalue weighted by molar-refractivity contribution is 14.1. The van der Waals surface area contributed by atoms with Gasteiger partial charge in [-0.05, 0) is 12.8 Å². The summed E-state index contributed by atoms with van der Waals surface area (Å²) in [5.74, 6) is 0. The fraction of sp³-hybridized carbons (Fsp3) is 1.00. The van der Waals surface area contributed by atoms with Gasteiger partial charge in [-0.3, -0.25) is 0 Å². The number of rotatable bonds is 3. The maximum absolute atomic E-state index is 12.0. The van der Waals surface area contributed by atoms with Gasteiger partial charge in [0.25, 0.3) is 6.43 Å². The van der Waals surface area contributed by atoms with Gasteiger partial charge in [-0.15, -0.1) is 0 Å². The topological polar surface area (TPSA) is 9.23 Å². The minimum Gasteiger partial charge on any atom is -0.371 e. The molecule has 0 spiro atoms. The molecule has 2 atom stereocenters. The second-order valence-corrected chi connectivity index (χ2v) is 5.37. The summed E-state index contributed by atoms with van der Waals surface area (Å²) in [7, 11) is 0. The summed E-state index contributed by atoms with van der Waals surface area (Å²) < 4.78 is 29.6. The molecular formula is C10H17F2IO. The predicted molar refractivity (Wildman–Crippen MR) is 61.3 cm³/mol. The molecule has 0 N–H and O–H groups in total. The van der Waals surface area contributed by atoms with Crippen LogP contribution in [-0.2, 0) is 4.74 Å². The summed E-state index contributed by atoms with van der Waals surface area (Å²) in [4.78, 5) is 0. The van der Waals surface area contributed by atoms with E-state index >= 15 is 0 Å². The molecule has 0 saturated heterocycles. The Balaban J connectivity index is 2.29. The maximum atomic E-state index is 12.0. The lowest BCUT2D eigenvalue weighted by Gasteiger charge is -2.25. The van der Waals surface area contributed by atoms with E-state index < -0.39 is 13.0 Å². The Morgan fingerprint density at radius 1 is 1.14 bits per heavy atom. The first-order valence-electron chi connectivity index (χ1n) is 5.24. The minimum absolute atomic E-state index is 0.0462. The van der Waals surface area contributed by atoms with E-state index in [4.69, 9.17) is 4.74 Å². The normalized spacial score (nSPS) is 30.0. The Kier molecular flexibility index (Phi) is 6.25. The van der Waals surface area contributed by atoms with Crippen molar-refractivity contribution in [1.29, 1.82) is 0 Å². The molecule has 0 bridgehead atoms. The first-order valence-corrected chi connectivity index (χ1v) is 6.48. The lowest BCUT2D eigenvalue weighted by Crippen LogP contribution is -2.27. The standard InChI is InChI=1S/C10H17F2IO/c11-10(12)7-14-9-6-4-2-1-3-5-8(9)13/h8-10H,1-7H2. The van der Waals surface area contributed by atoms with Gasteiger partial charge in [0.05, 0.1) is 6.10 Å². The van der Waals surface area contributed by atoms with Gasteiger partial charge in [0, 0.05) is 3.92 Å². The van der Waals surface area contributed by atoms with Crippen LogP contribution in [0.15, 0.2) is 0 Å². The fourth-order valence-corrected chi connectivity index (χ4v) is 2.80. The zero-order valence-electron chi connectivity index (χ0n) is 8.22. The van der Waals surface area contributed by atoms with E-state index in [2.05, 4.69) is 22.6 Å². The van der Waals surface area contributed by atoms with Crippen LogP contribution in [0.2, 0.25) is 0 Å². The second-order valence-electron chi connectivity index (χ2n) is 3.77. The first-order chi connectivity index (χ1) is 6.70. The molecular weight excluding hydrogens is 301 g/mol. The highest BCUT2D eigenvalue weighted by Gasteiger charge is 2.21. The van der Waals surface area contributed by atoms with Gasteiger partial charge in [-0.2, -0.15) is 0 Å². The molecule has 0 amide bonds. The molecule has 0 aromatic carbocycles. The molecule has 1 rings (SSSR count). The molecule has 0 aromatic rings. The van der Waals surface area contributed by atoms with Gasteiger partial charge in [0.1, 0.15) is 6.61 Å². The molecule has 14 heavy (non-hydrogen) atoms. The average Bonchev–Trinajstić information content (AvgIpc) is 2.10. The molecule has 0 aromatic heterocycles. The number of ether oxygens (including phenoxy) is 1. The number of halogens is 3. The third-order valence-corrected chi connectivity index (χ3v) is 3.98. The van der Waals surface area contributed by atoms with Crippen LogP contribution < -0.4 is 0 Å². The summed E-state index contributed by atoms with van der Waals surface area (Å²) in [6.07, 6.45) is 4.59. The molecule has 1 saturated carbocycles. The minimum atomic E-state index is -2.33. The zero-order valence-corrected chi connectivity index (χ0v) is 10.4. The van der Waals surface area contributed by atoms with Gasteiger partial charge >= 0.3 is 0 Å². The quantitative estimate of drug-likeness (QED) is 0.568. The van der Waals surface area contributed by atoms with Crippen molar-refractivity contribution in [2.45, 2.75) is 55.0 Å². The van der Waals surface area contributed by atoms with Gasteiger partial charge in [-0.25, -0.2) is 8.78 Å². The van der Waals surface area contributed by atoms with Crippen molar-refractivity contribution < 1.29 is 13.5 Å². The molecule has 1 aliphatic rings. The molecule has 0 radical (unpaired) electrons. The Hall–Kier alpha value is 0.550. The average molecular weight is 318 g/mol. The molecule has 4 heteroatoms. The Bertz CT molecular complexity index is 155. The van der Waals surface area contributed by atoms with Crippen LogP contribution >= 0.6 is 22.6 Å². The van der Waals surface area contributed by atoms with Crippen LogP contribution in [0, 0.1) is 0 Å². The van der Waals surface area contributed by atoms with Crippen molar-refractivity contribution in [3.8, 4) is 0 Å². The molecule has 1 aliphatic carbocycles. The van der Waals surface area contributed by atoms with E-state index in [1.165, 1.54) is 19.3 Å². The largest absolute Gasteiger partial charge is 0.371 e. The summed E-state index contributed by atoms with van der Waals surface area (Å²) in [5, 5.41) is 0. The Morgan fingerprint density at radius 3 is 2.43 bits per heavy atom. The van der Waals surface area contributed by atoms with Gasteiger partial charge < -0.3 is 4.74 Å². The first kappa shape index (κ1) is 12.6. The molecule has 1 fully saturated rings. The highest BCUT2D eigenvalue weighted by Crippen LogP contribution is 2.25. The predicted octanol–water partition coefficient (Wildman–Crippen LogP) is 3.79. The van der Waals surface area contributed by atoms with E-state index in [9.17, 15) is 8.78 Å². The monoisotopic (exact) mass is 318 g/mol. The highest BCUT2D eigenvalue weighted by atomic mass is 127. The SMILES string of the molecule is FC(F)COC1CCCCCCC1I. The van der Waals surface area contributed by atoms with Crippen LogP contribution in [-0.4, -0.2) is 23.1 Å². The van der Waals surface area contributed by atoms with Gasteiger partial charge in [-0.1, -0.05) is 48.3 Å². The lowest BCUT2D eigenvalue weighted by atomic mass is 9.98. The van der Waals surface area contributed by atoms with Crippen molar-refractivity contribution in [2.24, 2.45) is 0 Å². The molecule has 0 aliphatic heterocycles. The van der Waals surface area contributed by atoms with E-state index in [-0.39, 0.29) is 6.10 Å². The van der Waals surface area contributed by atoms with Crippen molar-refractivity contribution in [2.75, 3.05) is 6.61 Å². The molecule has 1 nitrogen and oxygen atoms in total. The zero-order chi connectivity index (χ0) is 10.4. The Morgan fingerprint density at radius 2 is 1.79 bits per heavy atom. The van der Waals surface area contributed by atoms with E-state index in [1.807, 2.05) is 0 Å². The van der Waals surface area contributed by atoms with Crippen molar-refractivity contribution >= 4 is 22.6 Å². The molecule has 84 valence electrons. The second kappa shape index (κ2) is 6.93. The smallest absolute Gasteiger partial charge is 0.261 e. The number of hydrogen-bond donors (Lipinski definition) is 0. The van der Waals surface area contributed by atoms with E-state index in [0.717, 1.165) is 19.3 Å². The van der Waals surface area contributed by atoms with Crippen molar-refractivity contribution in [3.05, 3.63) is 0 Å². The maximum Gasteiger partial charge on any atom is 0.261 e. The van der Waals surface area contributed by atoms with Crippen LogP contribution in [0.5, 0.6) is 0 Å². The number of hydrogen-bond acceptors (Lipinski definition) is 1. The summed E-state index contributed by atoms with van der Waals surface area (Å²) in [6.45, 7) is -0.399. The number of alkyl halides is 3. The van der Waals surface area contributed by atoms with Crippen molar-refractivity contribution in [1.82, 2.24) is 0 Å². The lowest BCUT2D eigenvalue weighted by molar-refractivity contribution is -0.0284. The summed E-state index contributed by atoms with van der Waals surface area (Å²) >= 11 is 2.34. The van der Waals surface area contributed by atoms with Gasteiger partial charge in [0.2, 0.25) is 0 Å². The van der Waals surface area contributed by atoms with Crippen LogP contribution in [0.3, 0.4) is 0 Å². The van der Waals surface area contributed by atoms with Crippen LogP contribution in [0.1, 0.15) is 38.5 Å². The third kappa shape index (κ3) is 4.87. The van der Waals surface area contributed by atoms with Gasteiger partial charge in [0.15, 0.2) is 0 Å². The van der Waals surface area contributed by atoms with E-state index in [1.54, 1.807) is 0 Å². The third-order valence-electron chi connectivity index (χ3n) is 2.56. The molecule has 0 heterocycles. The summed E-state index contributed by atoms with van der Waals surface area (Å²) in [6, 6.07) is 0.